The molecule has 3 aromatic rings. The van der Waals surface area contributed by atoms with E-state index in [9.17, 15) is 18.7 Å². The summed E-state index contributed by atoms with van der Waals surface area (Å²) in [4.78, 5) is 23.0. The van der Waals surface area contributed by atoms with Crippen LogP contribution in [0.4, 0.5) is 14.6 Å². The predicted molar refractivity (Wildman–Crippen MR) is 118 cm³/mol. The fraction of sp³-hybridized carbons (Fsp3) is 0.391. The van der Waals surface area contributed by atoms with E-state index in [2.05, 4.69) is 20.4 Å². The molecule has 0 saturated carbocycles. The Morgan fingerprint density at radius 1 is 1.32 bits per heavy atom. The third-order valence-electron chi connectivity index (χ3n) is 5.39. The summed E-state index contributed by atoms with van der Waals surface area (Å²) in [6, 6.07) is 9.22. The minimum atomic E-state index is -2.58. The number of aliphatic hydroxyl groups is 1. The van der Waals surface area contributed by atoms with Crippen molar-refractivity contribution >= 4 is 11.7 Å². The van der Waals surface area contributed by atoms with Crippen LogP contribution in [0.1, 0.15) is 52.8 Å². The minimum Gasteiger partial charge on any atom is -0.455 e. The molecule has 0 spiro atoms. The standard InChI is InChI=1S/C23H25F2N5O4/c1-14-8-19(30-7-6-23(2,32)13-30)28-22(27-14)33-12-17-10-18(29-34-17)21(31)26-11-15-4-3-5-16(9-15)20(24)25/h3-5,8-10,20,32H,6-7,11-13H2,1-2H3,(H,26,31)/t23-/m0/s1. The molecule has 1 aliphatic heterocycles. The van der Waals surface area contributed by atoms with Gasteiger partial charge in [-0.15, -0.1) is 0 Å². The molecule has 4 rings (SSSR count). The smallest absolute Gasteiger partial charge is 0.319 e. The first-order valence-corrected chi connectivity index (χ1v) is 10.8. The normalized spacial score (nSPS) is 17.9. The van der Waals surface area contributed by atoms with Gasteiger partial charge in [0, 0.05) is 43.0 Å². The Hall–Kier alpha value is -3.60. The summed E-state index contributed by atoms with van der Waals surface area (Å²) < 4.78 is 36.4. The largest absolute Gasteiger partial charge is 0.455 e. The molecular weight excluding hydrogens is 448 g/mol. The molecule has 2 N–H and O–H groups in total. The number of aryl methyl sites for hydroxylation is 1. The van der Waals surface area contributed by atoms with Crippen LogP contribution in [-0.2, 0) is 13.2 Å². The molecule has 0 unspecified atom stereocenters. The molecule has 1 aromatic carbocycles. The molecule has 34 heavy (non-hydrogen) atoms. The molecule has 1 amide bonds. The van der Waals surface area contributed by atoms with Crippen molar-refractivity contribution in [2.75, 3.05) is 18.0 Å². The van der Waals surface area contributed by atoms with Gasteiger partial charge in [-0.2, -0.15) is 4.98 Å². The van der Waals surface area contributed by atoms with Gasteiger partial charge in [-0.1, -0.05) is 23.4 Å². The highest BCUT2D eigenvalue weighted by Crippen LogP contribution is 2.26. The van der Waals surface area contributed by atoms with Crippen molar-refractivity contribution in [1.29, 1.82) is 0 Å². The summed E-state index contributed by atoms with van der Waals surface area (Å²) in [6.45, 7) is 4.78. The molecule has 2 aromatic heterocycles. The Kier molecular flexibility index (Phi) is 6.73. The van der Waals surface area contributed by atoms with Gasteiger partial charge in [-0.05, 0) is 31.9 Å². The number of hydrogen-bond donors (Lipinski definition) is 2. The van der Waals surface area contributed by atoms with Crippen LogP contribution in [0.2, 0.25) is 0 Å². The number of nitrogens with zero attached hydrogens (tertiary/aromatic N) is 4. The second-order valence-corrected chi connectivity index (χ2v) is 8.51. The topological polar surface area (TPSA) is 114 Å². The number of ether oxygens (including phenoxy) is 1. The summed E-state index contributed by atoms with van der Waals surface area (Å²) >= 11 is 0. The maximum Gasteiger partial charge on any atom is 0.319 e. The summed E-state index contributed by atoms with van der Waals surface area (Å²) in [7, 11) is 0. The third-order valence-corrected chi connectivity index (χ3v) is 5.39. The summed E-state index contributed by atoms with van der Waals surface area (Å²) in [6.07, 6.45) is -1.93. The molecule has 1 aliphatic rings. The molecular formula is C23H25F2N5O4. The lowest BCUT2D eigenvalue weighted by Gasteiger charge is -2.20. The van der Waals surface area contributed by atoms with Crippen molar-refractivity contribution in [2.24, 2.45) is 0 Å². The lowest BCUT2D eigenvalue weighted by molar-refractivity contribution is 0.0838. The van der Waals surface area contributed by atoms with Crippen molar-refractivity contribution in [3.8, 4) is 6.01 Å². The molecule has 11 heteroatoms. The minimum absolute atomic E-state index is 0.0359. The van der Waals surface area contributed by atoms with Gasteiger partial charge < -0.3 is 24.6 Å². The Morgan fingerprint density at radius 2 is 2.15 bits per heavy atom. The second-order valence-electron chi connectivity index (χ2n) is 8.51. The summed E-state index contributed by atoms with van der Waals surface area (Å²) in [5, 5.41) is 16.6. The fourth-order valence-electron chi connectivity index (χ4n) is 3.63. The van der Waals surface area contributed by atoms with Crippen molar-refractivity contribution in [1.82, 2.24) is 20.4 Å². The van der Waals surface area contributed by atoms with E-state index >= 15 is 0 Å². The van der Waals surface area contributed by atoms with E-state index in [-0.39, 0.29) is 30.4 Å². The van der Waals surface area contributed by atoms with Crippen LogP contribution in [0.3, 0.4) is 0 Å². The van der Waals surface area contributed by atoms with Gasteiger partial charge in [0.05, 0.1) is 5.60 Å². The number of nitrogens with one attached hydrogen (secondary N) is 1. The molecule has 0 aliphatic carbocycles. The molecule has 0 bridgehead atoms. The first kappa shape index (κ1) is 23.6. The lowest BCUT2D eigenvalue weighted by atomic mass is 10.1. The highest BCUT2D eigenvalue weighted by Gasteiger charge is 2.32. The van der Waals surface area contributed by atoms with Gasteiger partial charge in [-0.3, -0.25) is 4.79 Å². The number of rotatable bonds is 8. The van der Waals surface area contributed by atoms with Crippen molar-refractivity contribution in [2.45, 2.75) is 45.4 Å². The van der Waals surface area contributed by atoms with E-state index in [0.717, 1.165) is 0 Å². The SMILES string of the molecule is Cc1cc(N2CC[C@](C)(O)C2)nc(OCc2cc(C(=O)NCc3cccc(C(F)F)c3)no2)n1. The third kappa shape index (κ3) is 5.84. The summed E-state index contributed by atoms with van der Waals surface area (Å²) in [5.74, 6) is 0.446. The Balaban J connectivity index is 1.33. The van der Waals surface area contributed by atoms with E-state index in [4.69, 9.17) is 9.26 Å². The number of amides is 1. The van der Waals surface area contributed by atoms with Gasteiger partial charge >= 0.3 is 6.01 Å². The van der Waals surface area contributed by atoms with E-state index in [1.165, 1.54) is 24.3 Å². The average molecular weight is 473 g/mol. The zero-order valence-electron chi connectivity index (χ0n) is 18.8. The van der Waals surface area contributed by atoms with Gasteiger partial charge in [0.15, 0.2) is 18.1 Å². The van der Waals surface area contributed by atoms with Gasteiger partial charge in [0.25, 0.3) is 12.3 Å². The van der Waals surface area contributed by atoms with Crippen LogP contribution in [-0.4, -0.2) is 44.8 Å². The molecule has 1 saturated heterocycles. The molecule has 1 atom stereocenters. The molecule has 9 nitrogen and oxygen atoms in total. The summed E-state index contributed by atoms with van der Waals surface area (Å²) in [5.41, 5.74) is 0.422. The van der Waals surface area contributed by atoms with Crippen LogP contribution in [0.25, 0.3) is 0 Å². The number of anilines is 1. The lowest BCUT2D eigenvalue weighted by Crippen LogP contribution is -2.30. The van der Waals surface area contributed by atoms with Crippen molar-refractivity contribution in [3.05, 3.63) is 64.7 Å². The zero-order valence-corrected chi connectivity index (χ0v) is 18.8. The van der Waals surface area contributed by atoms with E-state index in [1.807, 2.05) is 17.9 Å². The Morgan fingerprint density at radius 3 is 2.88 bits per heavy atom. The maximum atomic E-state index is 12.8. The van der Waals surface area contributed by atoms with Crippen molar-refractivity contribution < 1.29 is 27.9 Å². The number of benzene rings is 1. The van der Waals surface area contributed by atoms with E-state index in [1.54, 1.807) is 13.0 Å². The first-order chi connectivity index (χ1) is 16.2. The van der Waals surface area contributed by atoms with Crippen LogP contribution in [0.15, 0.2) is 40.9 Å². The number of halogens is 2. The molecule has 0 radical (unpaired) electrons. The first-order valence-electron chi connectivity index (χ1n) is 10.8. The van der Waals surface area contributed by atoms with Crippen LogP contribution < -0.4 is 15.0 Å². The number of carbonyl (C=O) groups excluding carboxylic acids is 1. The number of aromatic nitrogens is 3. The molecule has 1 fully saturated rings. The van der Waals surface area contributed by atoms with Crippen LogP contribution in [0.5, 0.6) is 6.01 Å². The maximum absolute atomic E-state index is 12.8. The number of hydrogen-bond acceptors (Lipinski definition) is 8. The number of carbonyl (C=O) groups is 1. The van der Waals surface area contributed by atoms with Crippen LogP contribution >= 0.6 is 0 Å². The van der Waals surface area contributed by atoms with Crippen molar-refractivity contribution in [3.63, 3.8) is 0 Å². The van der Waals surface area contributed by atoms with Gasteiger partial charge in [-0.25, -0.2) is 13.8 Å². The number of β-amino-alcohol motifs (C(OH)–C–C–N with tert-alkyl or cyclic N) is 1. The Labute approximate surface area is 194 Å². The second kappa shape index (κ2) is 9.72. The van der Waals surface area contributed by atoms with E-state index in [0.29, 0.717) is 42.3 Å². The zero-order chi connectivity index (χ0) is 24.3. The van der Waals surface area contributed by atoms with Gasteiger partial charge in [0.1, 0.15) is 5.82 Å². The highest BCUT2D eigenvalue weighted by atomic mass is 19.3. The molecule has 180 valence electrons. The number of alkyl halides is 2. The predicted octanol–water partition coefficient (Wildman–Crippen LogP) is 3.18. The van der Waals surface area contributed by atoms with Gasteiger partial charge in [0.2, 0.25) is 0 Å². The highest BCUT2D eigenvalue weighted by molar-refractivity contribution is 5.92. The van der Waals surface area contributed by atoms with E-state index < -0.39 is 17.9 Å². The monoisotopic (exact) mass is 473 g/mol. The van der Waals surface area contributed by atoms with Crippen LogP contribution in [0, 0.1) is 6.92 Å². The quantitative estimate of drug-likeness (QED) is 0.513. The fourth-order valence-corrected chi connectivity index (χ4v) is 3.63. The Bertz CT molecular complexity index is 1170. The molecule has 3 heterocycles. The average Bonchev–Trinajstić information content (AvgIpc) is 3.42.